The molecule has 0 amide bonds. The summed E-state index contributed by atoms with van der Waals surface area (Å²) in [6.45, 7) is 4.66. The monoisotopic (exact) mass is 305 g/mol. The summed E-state index contributed by atoms with van der Waals surface area (Å²) in [7, 11) is 0. The zero-order valence-electron chi connectivity index (χ0n) is 11.7. The van der Waals surface area contributed by atoms with Crippen molar-refractivity contribution in [3.05, 3.63) is 59.1 Å². The van der Waals surface area contributed by atoms with Gasteiger partial charge in [-0.05, 0) is 23.8 Å². The Balaban J connectivity index is 1.56. The molecule has 3 nitrogen and oxygen atoms in total. The van der Waals surface area contributed by atoms with Crippen LogP contribution in [0.25, 0.3) is 0 Å². The van der Waals surface area contributed by atoms with E-state index in [1.54, 1.807) is 0 Å². The van der Waals surface area contributed by atoms with Gasteiger partial charge in [-0.2, -0.15) is 4.39 Å². The minimum Gasteiger partial charge on any atom is -0.369 e. The molecule has 0 aliphatic carbocycles. The third-order valence-corrected chi connectivity index (χ3v) is 4.02. The summed E-state index contributed by atoms with van der Waals surface area (Å²) in [5, 5.41) is 0.767. The third-order valence-electron chi connectivity index (χ3n) is 3.77. The molecule has 21 heavy (non-hydrogen) atoms. The summed E-state index contributed by atoms with van der Waals surface area (Å²) in [4.78, 5) is 8.20. The number of pyridine rings is 1. The second kappa shape index (κ2) is 6.41. The molecule has 0 spiro atoms. The summed E-state index contributed by atoms with van der Waals surface area (Å²) in [5.74, 6) is -0.420. The minimum atomic E-state index is -0.420. The maximum atomic E-state index is 13.2. The quantitative estimate of drug-likeness (QED) is 0.812. The van der Waals surface area contributed by atoms with Crippen molar-refractivity contribution in [3.63, 3.8) is 0 Å². The fourth-order valence-corrected chi connectivity index (χ4v) is 2.73. The van der Waals surface area contributed by atoms with Crippen LogP contribution in [0.15, 0.2) is 42.6 Å². The molecule has 5 heteroatoms. The molecule has 1 fully saturated rings. The van der Waals surface area contributed by atoms with Crippen LogP contribution in [-0.2, 0) is 6.54 Å². The number of halogens is 2. The Bertz CT molecular complexity index is 595. The van der Waals surface area contributed by atoms with Crippen LogP contribution >= 0.6 is 11.6 Å². The van der Waals surface area contributed by atoms with Crippen molar-refractivity contribution in [1.82, 2.24) is 9.88 Å². The van der Waals surface area contributed by atoms with E-state index in [2.05, 4.69) is 26.9 Å². The Kier molecular flexibility index (Phi) is 4.36. The van der Waals surface area contributed by atoms with Crippen molar-refractivity contribution >= 4 is 17.3 Å². The second-order valence-electron chi connectivity index (χ2n) is 5.23. The lowest BCUT2D eigenvalue weighted by Gasteiger charge is -2.36. The van der Waals surface area contributed by atoms with Crippen molar-refractivity contribution in [2.24, 2.45) is 0 Å². The number of rotatable bonds is 3. The highest BCUT2D eigenvalue weighted by molar-refractivity contribution is 6.30. The zero-order valence-corrected chi connectivity index (χ0v) is 12.4. The third kappa shape index (κ3) is 3.71. The number of aromatic nitrogens is 1. The Morgan fingerprint density at radius 2 is 1.76 bits per heavy atom. The van der Waals surface area contributed by atoms with Crippen molar-refractivity contribution < 1.29 is 4.39 Å². The van der Waals surface area contributed by atoms with E-state index >= 15 is 0 Å². The van der Waals surface area contributed by atoms with Gasteiger partial charge in [0.05, 0.1) is 0 Å². The summed E-state index contributed by atoms with van der Waals surface area (Å²) >= 11 is 5.90. The van der Waals surface area contributed by atoms with E-state index in [1.807, 2.05) is 18.2 Å². The molecule has 2 aromatic rings. The van der Waals surface area contributed by atoms with Gasteiger partial charge in [0, 0.05) is 55.7 Å². The van der Waals surface area contributed by atoms with E-state index in [0.717, 1.165) is 43.4 Å². The van der Waals surface area contributed by atoms with Crippen LogP contribution in [0.1, 0.15) is 5.56 Å². The highest BCUT2D eigenvalue weighted by atomic mass is 35.5. The molecule has 110 valence electrons. The predicted octanol–water partition coefficient (Wildman–Crippen LogP) is 3.20. The molecule has 0 unspecified atom stereocenters. The number of anilines is 1. The normalized spacial score (nSPS) is 16.2. The van der Waals surface area contributed by atoms with Gasteiger partial charge in [0.25, 0.3) is 0 Å². The van der Waals surface area contributed by atoms with Crippen molar-refractivity contribution in [1.29, 1.82) is 0 Å². The summed E-state index contributed by atoms with van der Waals surface area (Å²) < 4.78 is 13.2. The SMILES string of the molecule is Fc1cc(N2CCN(Cc3ccc(Cl)cc3)CC2)ccn1. The maximum Gasteiger partial charge on any atom is 0.214 e. The van der Waals surface area contributed by atoms with E-state index in [9.17, 15) is 4.39 Å². The standard InChI is InChI=1S/C16H17ClFN3/c17-14-3-1-13(2-4-14)12-20-7-9-21(10-8-20)15-5-6-19-16(18)11-15/h1-6,11H,7-10,12H2. The lowest BCUT2D eigenvalue weighted by atomic mass is 10.2. The molecule has 0 radical (unpaired) electrons. The number of nitrogens with zero attached hydrogens (tertiary/aromatic N) is 3. The molecule has 1 aromatic carbocycles. The van der Waals surface area contributed by atoms with Crippen LogP contribution in [0, 0.1) is 5.95 Å². The smallest absolute Gasteiger partial charge is 0.214 e. The van der Waals surface area contributed by atoms with E-state index in [-0.39, 0.29) is 0 Å². The second-order valence-corrected chi connectivity index (χ2v) is 5.66. The molecule has 3 rings (SSSR count). The first-order valence-corrected chi connectivity index (χ1v) is 7.42. The number of hydrogen-bond donors (Lipinski definition) is 0. The van der Waals surface area contributed by atoms with Crippen LogP contribution in [-0.4, -0.2) is 36.1 Å². The van der Waals surface area contributed by atoms with Crippen LogP contribution < -0.4 is 4.90 Å². The average molecular weight is 306 g/mol. The molecule has 0 atom stereocenters. The van der Waals surface area contributed by atoms with E-state index in [4.69, 9.17) is 11.6 Å². The summed E-state index contributed by atoms with van der Waals surface area (Å²) in [6, 6.07) is 11.3. The molecular formula is C16H17ClFN3. The molecular weight excluding hydrogens is 289 g/mol. The maximum absolute atomic E-state index is 13.2. The molecule has 1 aliphatic heterocycles. The van der Waals surface area contributed by atoms with Crippen LogP contribution in [0.2, 0.25) is 5.02 Å². The lowest BCUT2D eigenvalue weighted by Crippen LogP contribution is -2.46. The first-order chi connectivity index (χ1) is 10.2. The molecule has 1 aromatic heterocycles. The van der Waals surface area contributed by atoms with Gasteiger partial charge < -0.3 is 4.90 Å². The summed E-state index contributed by atoms with van der Waals surface area (Å²) in [6.07, 6.45) is 1.52. The van der Waals surface area contributed by atoms with Gasteiger partial charge in [-0.25, -0.2) is 4.98 Å². The first-order valence-electron chi connectivity index (χ1n) is 7.04. The topological polar surface area (TPSA) is 19.4 Å². The summed E-state index contributed by atoms with van der Waals surface area (Å²) in [5.41, 5.74) is 2.18. The van der Waals surface area contributed by atoms with Crippen LogP contribution in [0.4, 0.5) is 10.1 Å². The molecule has 2 heterocycles. The van der Waals surface area contributed by atoms with Crippen molar-refractivity contribution in [2.75, 3.05) is 31.1 Å². The Morgan fingerprint density at radius 3 is 2.43 bits per heavy atom. The van der Waals surface area contributed by atoms with Gasteiger partial charge in [-0.15, -0.1) is 0 Å². The van der Waals surface area contributed by atoms with Crippen LogP contribution in [0.3, 0.4) is 0 Å². The first kappa shape index (κ1) is 14.3. The van der Waals surface area contributed by atoms with Crippen LogP contribution in [0.5, 0.6) is 0 Å². The van der Waals surface area contributed by atoms with Gasteiger partial charge >= 0.3 is 0 Å². The van der Waals surface area contributed by atoms with Gasteiger partial charge in [0.15, 0.2) is 0 Å². The highest BCUT2D eigenvalue weighted by Crippen LogP contribution is 2.18. The van der Waals surface area contributed by atoms with Gasteiger partial charge in [-0.1, -0.05) is 23.7 Å². The Morgan fingerprint density at radius 1 is 1.05 bits per heavy atom. The highest BCUT2D eigenvalue weighted by Gasteiger charge is 2.17. The van der Waals surface area contributed by atoms with Gasteiger partial charge in [-0.3, -0.25) is 4.90 Å². The van der Waals surface area contributed by atoms with Gasteiger partial charge in [0.1, 0.15) is 0 Å². The molecule has 0 saturated carbocycles. The minimum absolute atomic E-state index is 0.420. The van der Waals surface area contributed by atoms with E-state index in [0.29, 0.717) is 0 Å². The predicted molar refractivity (Wildman–Crippen MR) is 83.1 cm³/mol. The van der Waals surface area contributed by atoms with Gasteiger partial charge in [0.2, 0.25) is 5.95 Å². The molecule has 1 aliphatic rings. The number of piperazine rings is 1. The fourth-order valence-electron chi connectivity index (χ4n) is 2.60. The lowest BCUT2D eigenvalue weighted by molar-refractivity contribution is 0.250. The largest absolute Gasteiger partial charge is 0.369 e. The Labute approximate surface area is 129 Å². The number of hydrogen-bond acceptors (Lipinski definition) is 3. The molecule has 0 N–H and O–H groups in total. The molecule has 1 saturated heterocycles. The van der Waals surface area contributed by atoms with E-state index < -0.39 is 5.95 Å². The zero-order chi connectivity index (χ0) is 14.7. The van der Waals surface area contributed by atoms with Crippen molar-refractivity contribution in [3.8, 4) is 0 Å². The van der Waals surface area contributed by atoms with Crippen molar-refractivity contribution in [2.45, 2.75) is 6.54 Å². The number of benzene rings is 1. The van der Waals surface area contributed by atoms with E-state index in [1.165, 1.54) is 17.8 Å². The fraction of sp³-hybridized carbons (Fsp3) is 0.312. The average Bonchev–Trinajstić information content (AvgIpc) is 2.50. The molecule has 0 bridgehead atoms. The Hall–Kier alpha value is -1.65.